The first kappa shape index (κ1) is 18.4. The maximum Gasteiger partial charge on any atom is 0.262 e. The molecule has 0 N–H and O–H groups in total. The second kappa shape index (κ2) is 7.30. The van der Waals surface area contributed by atoms with Gasteiger partial charge in [0.1, 0.15) is 12.0 Å². The van der Waals surface area contributed by atoms with Crippen LogP contribution in [0.3, 0.4) is 0 Å². The van der Waals surface area contributed by atoms with Crippen LogP contribution in [0.2, 0.25) is 5.02 Å². The highest BCUT2D eigenvalue weighted by atomic mass is 35.5. The van der Waals surface area contributed by atoms with Gasteiger partial charge in [0.25, 0.3) is 5.91 Å². The fraction of sp³-hybridized carbons (Fsp3) is 0.182. The second-order valence-electron chi connectivity index (χ2n) is 7.06. The number of halogens is 1. The molecule has 1 aromatic heterocycles. The molecule has 2 saturated heterocycles. The molecule has 2 aliphatic rings. The number of imide groups is 1. The molecule has 0 spiro atoms. The molecule has 7 heteroatoms. The first-order chi connectivity index (χ1) is 14.1. The molecule has 0 aliphatic carbocycles. The maximum absolute atomic E-state index is 13.3. The first-order valence-electron chi connectivity index (χ1n) is 9.27. The summed E-state index contributed by atoms with van der Waals surface area (Å²) < 4.78 is 0. The molecule has 2 fully saturated rings. The van der Waals surface area contributed by atoms with Gasteiger partial charge in [-0.15, -0.1) is 11.3 Å². The molecule has 5 rings (SSSR count). The van der Waals surface area contributed by atoms with Crippen LogP contribution in [-0.2, 0) is 21.0 Å². The summed E-state index contributed by atoms with van der Waals surface area (Å²) >= 11 is 7.57. The summed E-state index contributed by atoms with van der Waals surface area (Å²) in [6, 6.07) is 20.3. The Bertz CT molecular complexity index is 1040. The van der Waals surface area contributed by atoms with Gasteiger partial charge in [0.2, 0.25) is 5.91 Å². The Balaban J connectivity index is 1.50. The van der Waals surface area contributed by atoms with Crippen LogP contribution >= 0.6 is 22.9 Å². The summed E-state index contributed by atoms with van der Waals surface area (Å²) in [6.45, 7) is 0.257. The molecule has 0 bridgehead atoms. The minimum absolute atomic E-state index is 0.196. The van der Waals surface area contributed by atoms with E-state index < -0.39 is 12.0 Å². The topological polar surface area (TPSA) is 49.9 Å². The molecule has 2 aromatic carbocycles. The Morgan fingerprint density at radius 3 is 2.38 bits per heavy atom. The standard InChI is InChI=1S/C22H17ClN2O3S/c23-15-8-10-16(11-9-15)25-19(17-7-4-12-29-17)18-20(28-25)22(27)24(21(18)26)13-14-5-2-1-3-6-14/h1-12,18-20H,13H2/t18-,19+,20+/m0/s1. The van der Waals surface area contributed by atoms with E-state index in [0.717, 1.165) is 16.1 Å². The predicted octanol–water partition coefficient (Wildman–Crippen LogP) is 4.45. The number of amides is 2. The zero-order valence-corrected chi connectivity index (χ0v) is 16.8. The summed E-state index contributed by atoms with van der Waals surface area (Å²) in [5, 5.41) is 4.26. The fourth-order valence-corrected chi connectivity index (χ4v) is 4.93. The SMILES string of the molecule is O=C1[C@H]2[C@@H](c3cccs3)N(c3ccc(Cl)cc3)O[C@H]2C(=O)N1Cc1ccccc1. The Hall–Kier alpha value is -2.67. The number of anilines is 1. The van der Waals surface area contributed by atoms with Crippen molar-refractivity contribution < 1.29 is 14.4 Å². The van der Waals surface area contributed by atoms with Gasteiger partial charge in [-0.3, -0.25) is 19.3 Å². The summed E-state index contributed by atoms with van der Waals surface area (Å²) in [7, 11) is 0. The molecule has 3 heterocycles. The van der Waals surface area contributed by atoms with Crippen molar-refractivity contribution in [2.45, 2.75) is 18.7 Å². The number of hydrogen-bond donors (Lipinski definition) is 0. The van der Waals surface area contributed by atoms with Crippen LogP contribution in [0, 0.1) is 5.92 Å². The molecule has 2 amide bonds. The van der Waals surface area contributed by atoms with Crippen molar-refractivity contribution in [1.29, 1.82) is 0 Å². The lowest BCUT2D eigenvalue weighted by Crippen LogP contribution is -2.36. The van der Waals surface area contributed by atoms with Gasteiger partial charge in [-0.1, -0.05) is 48.0 Å². The highest BCUT2D eigenvalue weighted by molar-refractivity contribution is 7.10. The second-order valence-corrected chi connectivity index (χ2v) is 8.48. The van der Waals surface area contributed by atoms with Crippen molar-refractivity contribution in [1.82, 2.24) is 4.90 Å². The minimum Gasteiger partial charge on any atom is -0.275 e. The zero-order chi connectivity index (χ0) is 20.0. The molecule has 0 saturated carbocycles. The Morgan fingerprint density at radius 1 is 0.931 bits per heavy atom. The molecular weight excluding hydrogens is 408 g/mol. The highest BCUT2D eigenvalue weighted by Crippen LogP contribution is 2.48. The minimum atomic E-state index is -0.825. The number of nitrogens with zero attached hydrogens (tertiary/aromatic N) is 2. The number of hydroxylamine groups is 1. The van der Waals surface area contributed by atoms with Gasteiger partial charge in [0, 0.05) is 9.90 Å². The molecule has 3 atom stereocenters. The number of fused-ring (bicyclic) bond motifs is 1. The smallest absolute Gasteiger partial charge is 0.262 e. The van der Waals surface area contributed by atoms with Gasteiger partial charge in [-0.05, 0) is 41.3 Å². The summed E-state index contributed by atoms with van der Waals surface area (Å²) in [4.78, 5) is 34.8. The third kappa shape index (κ3) is 3.13. The van der Waals surface area contributed by atoms with Crippen molar-refractivity contribution >= 4 is 40.4 Å². The van der Waals surface area contributed by atoms with E-state index in [4.69, 9.17) is 16.4 Å². The Kier molecular flexibility index (Phi) is 4.62. The molecule has 29 heavy (non-hydrogen) atoms. The monoisotopic (exact) mass is 424 g/mol. The van der Waals surface area contributed by atoms with Gasteiger partial charge < -0.3 is 0 Å². The van der Waals surface area contributed by atoms with Crippen LogP contribution < -0.4 is 5.06 Å². The predicted molar refractivity (Wildman–Crippen MR) is 111 cm³/mol. The van der Waals surface area contributed by atoms with E-state index in [1.54, 1.807) is 28.5 Å². The van der Waals surface area contributed by atoms with Crippen molar-refractivity contribution in [3.05, 3.63) is 87.6 Å². The van der Waals surface area contributed by atoms with E-state index in [1.165, 1.54) is 4.90 Å². The van der Waals surface area contributed by atoms with Crippen LogP contribution in [0.15, 0.2) is 72.1 Å². The normalized spacial score (nSPS) is 23.7. The van der Waals surface area contributed by atoms with Gasteiger partial charge in [0.15, 0.2) is 6.10 Å². The summed E-state index contributed by atoms with van der Waals surface area (Å²) in [5.41, 5.74) is 1.67. The van der Waals surface area contributed by atoms with Crippen molar-refractivity contribution in [2.24, 2.45) is 5.92 Å². The van der Waals surface area contributed by atoms with Crippen LogP contribution in [0.1, 0.15) is 16.5 Å². The van der Waals surface area contributed by atoms with Gasteiger partial charge >= 0.3 is 0 Å². The lowest BCUT2D eigenvalue weighted by atomic mass is 9.95. The average Bonchev–Trinajstić information content (AvgIpc) is 3.44. The molecule has 3 aromatic rings. The molecule has 0 unspecified atom stereocenters. The number of hydrogen-bond acceptors (Lipinski definition) is 5. The average molecular weight is 425 g/mol. The van der Waals surface area contributed by atoms with E-state index >= 15 is 0 Å². The zero-order valence-electron chi connectivity index (χ0n) is 15.3. The van der Waals surface area contributed by atoms with Crippen molar-refractivity contribution in [3.63, 3.8) is 0 Å². The van der Waals surface area contributed by atoms with Crippen molar-refractivity contribution in [3.8, 4) is 0 Å². The van der Waals surface area contributed by atoms with E-state index in [9.17, 15) is 9.59 Å². The van der Waals surface area contributed by atoms with Crippen LogP contribution in [0.25, 0.3) is 0 Å². The van der Waals surface area contributed by atoms with Gasteiger partial charge in [-0.2, -0.15) is 0 Å². The van der Waals surface area contributed by atoms with Gasteiger partial charge in [-0.25, -0.2) is 5.06 Å². The number of thiophene rings is 1. The molecule has 146 valence electrons. The number of likely N-dealkylation sites (tertiary alicyclic amines) is 1. The molecule has 0 radical (unpaired) electrons. The Morgan fingerprint density at radius 2 is 1.69 bits per heavy atom. The highest BCUT2D eigenvalue weighted by Gasteiger charge is 2.60. The quantitative estimate of drug-likeness (QED) is 0.581. The summed E-state index contributed by atoms with van der Waals surface area (Å²) in [6.07, 6.45) is -0.825. The molecule has 2 aliphatic heterocycles. The van der Waals surface area contributed by atoms with E-state index in [0.29, 0.717) is 5.02 Å². The van der Waals surface area contributed by atoms with Gasteiger partial charge in [0.05, 0.1) is 12.2 Å². The fourth-order valence-electron chi connectivity index (χ4n) is 3.95. The lowest BCUT2D eigenvalue weighted by Gasteiger charge is -2.27. The summed E-state index contributed by atoms with van der Waals surface area (Å²) in [5.74, 6) is -1.07. The van der Waals surface area contributed by atoms with Crippen molar-refractivity contribution in [2.75, 3.05) is 5.06 Å². The molecular formula is C22H17ClN2O3S. The molecule has 5 nitrogen and oxygen atoms in total. The third-order valence-electron chi connectivity index (χ3n) is 5.31. The number of benzene rings is 2. The van der Waals surface area contributed by atoms with Crippen LogP contribution in [-0.4, -0.2) is 22.8 Å². The van der Waals surface area contributed by atoms with Crippen LogP contribution in [0.5, 0.6) is 0 Å². The number of rotatable bonds is 4. The van der Waals surface area contributed by atoms with E-state index in [-0.39, 0.29) is 24.4 Å². The number of carbonyl (C=O) groups is 2. The lowest BCUT2D eigenvalue weighted by molar-refractivity contribution is -0.143. The van der Waals surface area contributed by atoms with E-state index in [2.05, 4.69) is 0 Å². The largest absolute Gasteiger partial charge is 0.275 e. The van der Waals surface area contributed by atoms with Crippen LogP contribution in [0.4, 0.5) is 5.69 Å². The third-order valence-corrected chi connectivity index (χ3v) is 6.50. The van der Waals surface area contributed by atoms with E-state index in [1.807, 2.05) is 60.0 Å². The first-order valence-corrected chi connectivity index (χ1v) is 10.5. The maximum atomic E-state index is 13.3. The number of carbonyl (C=O) groups excluding carboxylic acids is 2. The Labute approximate surface area is 177 Å².